The van der Waals surface area contributed by atoms with Crippen LogP contribution >= 0.6 is 0 Å². The summed E-state index contributed by atoms with van der Waals surface area (Å²) >= 11 is 0. The van der Waals surface area contributed by atoms with E-state index >= 15 is 0 Å². The number of likely N-dealkylation sites (tertiary alicyclic amines) is 1. The molecule has 2 saturated heterocycles. The summed E-state index contributed by atoms with van der Waals surface area (Å²) in [4.78, 5) is 54.7. The van der Waals surface area contributed by atoms with Crippen molar-refractivity contribution in [3.8, 4) is 0 Å². The summed E-state index contributed by atoms with van der Waals surface area (Å²) in [5, 5.41) is 0. The third-order valence-electron chi connectivity index (χ3n) is 7.43. The molecule has 1 unspecified atom stereocenters. The number of carbonyl (C=O) groups is 4. The number of hydrogen-bond donors (Lipinski definition) is 0. The van der Waals surface area contributed by atoms with Crippen molar-refractivity contribution in [1.29, 1.82) is 0 Å². The van der Waals surface area contributed by atoms with Crippen LogP contribution in [0.5, 0.6) is 0 Å². The van der Waals surface area contributed by atoms with Crippen molar-refractivity contribution in [3.05, 3.63) is 71.8 Å². The zero-order valence-electron chi connectivity index (χ0n) is 19.5. The summed E-state index contributed by atoms with van der Waals surface area (Å²) in [6, 6.07) is 17.9. The van der Waals surface area contributed by atoms with Gasteiger partial charge in [-0.05, 0) is 30.4 Å². The van der Waals surface area contributed by atoms with Crippen molar-refractivity contribution in [1.82, 2.24) is 9.80 Å². The van der Waals surface area contributed by atoms with Gasteiger partial charge in [0.05, 0.1) is 12.0 Å². The molecule has 8 nitrogen and oxygen atoms in total. The third kappa shape index (κ3) is 4.46. The number of amides is 1. The maximum Gasteiger partial charge on any atom is 0.413 e. The Morgan fingerprint density at radius 3 is 2.43 bits per heavy atom. The molecule has 8 heteroatoms. The molecule has 1 amide bonds. The molecule has 2 aromatic carbocycles. The number of esters is 1. The number of hydrogen-bond acceptors (Lipinski definition) is 7. The molecule has 3 fully saturated rings. The van der Waals surface area contributed by atoms with Gasteiger partial charge in [0.15, 0.2) is 12.5 Å². The lowest BCUT2D eigenvalue weighted by Crippen LogP contribution is -2.48. The molecule has 2 bridgehead atoms. The van der Waals surface area contributed by atoms with Gasteiger partial charge in [0.1, 0.15) is 18.4 Å². The molecule has 5 atom stereocenters. The van der Waals surface area contributed by atoms with E-state index in [2.05, 4.69) is 11.8 Å². The highest BCUT2D eigenvalue weighted by molar-refractivity contribution is 6.08. The van der Waals surface area contributed by atoms with Crippen LogP contribution in [0.25, 0.3) is 0 Å². The quantitative estimate of drug-likeness (QED) is 0.448. The van der Waals surface area contributed by atoms with Crippen LogP contribution < -0.4 is 0 Å². The number of nitrogens with zero attached hydrogens (tertiary/aromatic N) is 2. The minimum Gasteiger partial charge on any atom is -0.444 e. The summed E-state index contributed by atoms with van der Waals surface area (Å²) in [5.74, 6) is -1.86. The van der Waals surface area contributed by atoms with E-state index in [1.165, 1.54) is 0 Å². The van der Waals surface area contributed by atoms with Gasteiger partial charge in [-0.3, -0.25) is 19.4 Å². The van der Waals surface area contributed by atoms with Crippen molar-refractivity contribution in [3.63, 3.8) is 0 Å². The number of carbonyl (C=O) groups excluding carboxylic acids is 4. The lowest BCUT2D eigenvalue weighted by Gasteiger charge is -2.35. The van der Waals surface area contributed by atoms with Crippen molar-refractivity contribution in [2.24, 2.45) is 11.8 Å². The smallest absolute Gasteiger partial charge is 0.413 e. The second-order valence-corrected chi connectivity index (χ2v) is 9.46. The average molecular weight is 477 g/mol. The van der Waals surface area contributed by atoms with Gasteiger partial charge in [-0.15, -0.1) is 0 Å². The van der Waals surface area contributed by atoms with Crippen LogP contribution in [-0.2, 0) is 30.5 Å². The van der Waals surface area contributed by atoms with E-state index in [0.717, 1.165) is 16.0 Å². The van der Waals surface area contributed by atoms with E-state index in [4.69, 9.17) is 9.47 Å². The molecule has 0 spiro atoms. The highest BCUT2D eigenvalue weighted by Crippen LogP contribution is 2.44. The first-order valence-corrected chi connectivity index (χ1v) is 11.9. The highest BCUT2D eigenvalue weighted by atomic mass is 16.6. The maximum atomic E-state index is 13.2. The van der Waals surface area contributed by atoms with E-state index in [9.17, 15) is 19.2 Å². The Labute approximate surface area is 203 Å². The Bertz CT molecular complexity index is 1120. The topological polar surface area (TPSA) is 93.2 Å². The highest BCUT2D eigenvalue weighted by Gasteiger charge is 2.55. The van der Waals surface area contributed by atoms with E-state index in [-0.39, 0.29) is 49.3 Å². The van der Waals surface area contributed by atoms with Gasteiger partial charge in [0.25, 0.3) is 0 Å². The molecule has 5 rings (SSSR count). The lowest BCUT2D eigenvalue weighted by atomic mass is 9.86. The first-order valence-electron chi connectivity index (χ1n) is 11.9. The van der Waals surface area contributed by atoms with Crippen molar-refractivity contribution in [2.75, 3.05) is 13.3 Å². The van der Waals surface area contributed by atoms with Gasteiger partial charge in [-0.25, -0.2) is 9.59 Å². The standard InChI is InChI=1S/C27H28N2O6/c1-17(19-10-6-3-7-11-19)28-14-20-12-21(28)25(31)24(20)23(30)13-22-26(32)35-16-29(22)27(33)34-15-18-8-4-2-5-9-18/h2-11,17,20-22,24H,12-16H2,1H3/t17-,20+,21+,22-,24?/m0/s1. The Morgan fingerprint density at radius 2 is 1.74 bits per heavy atom. The minimum absolute atomic E-state index is 0.0470. The van der Waals surface area contributed by atoms with Crippen LogP contribution in [0.4, 0.5) is 4.79 Å². The summed E-state index contributed by atoms with van der Waals surface area (Å²) in [6.07, 6.45) is -0.322. The predicted molar refractivity (Wildman–Crippen MR) is 125 cm³/mol. The van der Waals surface area contributed by atoms with Gasteiger partial charge in [0.2, 0.25) is 0 Å². The van der Waals surface area contributed by atoms with Crippen molar-refractivity contribution in [2.45, 2.75) is 44.5 Å². The second-order valence-electron chi connectivity index (χ2n) is 9.46. The Morgan fingerprint density at radius 1 is 1.06 bits per heavy atom. The first kappa shape index (κ1) is 23.2. The number of Topliss-reactive ketones (excluding diaryl/α,β-unsaturated/α-hetero) is 2. The molecular weight excluding hydrogens is 448 g/mol. The number of ether oxygens (including phenoxy) is 2. The summed E-state index contributed by atoms with van der Waals surface area (Å²) < 4.78 is 10.4. The number of fused-ring (bicyclic) bond motifs is 2. The number of ketones is 2. The number of cyclic esters (lactones) is 1. The van der Waals surface area contributed by atoms with Gasteiger partial charge < -0.3 is 9.47 Å². The van der Waals surface area contributed by atoms with E-state index in [1.807, 2.05) is 60.7 Å². The fourth-order valence-electron chi connectivity index (χ4n) is 5.57. The maximum absolute atomic E-state index is 13.2. The Hall–Kier alpha value is -3.52. The van der Waals surface area contributed by atoms with Crippen LogP contribution in [-0.4, -0.2) is 58.8 Å². The molecular formula is C27H28N2O6. The molecule has 3 aliphatic rings. The molecule has 182 valence electrons. The monoisotopic (exact) mass is 476 g/mol. The van der Waals surface area contributed by atoms with Crippen LogP contribution in [0.3, 0.4) is 0 Å². The van der Waals surface area contributed by atoms with E-state index in [1.54, 1.807) is 0 Å². The van der Waals surface area contributed by atoms with Crippen LogP contribution in [0.2, 0.25) is 0 Å². The Balaban J connectivity index is 1.21. The van der Waals surface area contributed by atoms with Crippen molar-refractivity contribution >= 4 is 23.6 Å². The van der Waals surface area contributed by atoms with Gasteiger partial charge >= 0.3 is 12.1 Å². The van der Waals surface area contributed by atoms with Gasteiger partial charge in [0, 0.05) is 19.0 Å². The normalized spacial score (nSPS) is 26.6. The van der Waals surface area contributed by atoms with Crippen LogP contribution in [0.1, 0.15) is 36.9 Å². The molecule has 35 heavy (non-hydrogen) atoms. The third-order valence-corrected chi connectivity index (χ3v) is 7.43. The zero-order chi connectivity index (χ0) is 24.5. The van der Waals surface area contributed by atoms with Crippen molar-refractivity contribution < 1.29 is 28.7 Å². The number of benzene rings is 2. The number of piperidine rings is 1. The Kier molecular flexibility index (Phi) is 6.38. The first-order chi connectivity index (χ1) is 16.9. The van der Waals surface area contributed by atoms with Crippen LogP contribution in [0, 0.1) is 11.8 Å². The predicted octanol–water partition coefficient (Wildman–Crippen LogP) is 3.12. The lowest BCUT2D eigenvalue weighted by molar-refractivity contribution is -0.143. The molecule has 0 radical (unpaired) electrons. The molecule has 2 aromatic rings. The molecule has 1 aliphatic carbocycles. The minimum atomic E-state index is -1.07. The zero-order valence-corrected chi connectivity index (χ0v) is 19.5. The summed E-state index contributed by atoms with van der Waals surface area (Å²) in [5.41, 5.74) is 1.94. The summed E-state index contributed by atoms with van der Waals surface area (Å²) in [7, 11) is 0. The summed E-state index contributed by atoms with van der Waals surface area (Å²) in [6.45, 7) is 2.51. The molecule has 1 saturated carbocycles. The fraction of sp³-hybridized carbons (Fsp3) is 0.407. The van der Waals surface area contributed by atoms with Gasteiger partial charge in [-0.2, -0.15) is 0 Å². The number of rotatable bonds is 7. The molecule has 2 aliphatic heterocycles. The van der Waals surface area contributed by atoms with Gasteiger partial charge in [-0.1, -0.05) is 60.7 Å². The van der Waals surface area contributed by atoms with E-state index in [0.29, 0.717) is 13.0 Å². The molecule has 0 N–H and O–H groups in total. The molecule has 0 aromatic heterocycles. The van der Waals surface area contributed by atoms with Crippen LogP contribution in [0.15, 0.2) is 60.7 Å². The second kappa shape index (κ2) is 9.62. The van der Waals surface area contributed by atoms with E-state index < -0.39 is 24.0 Å². The SMILES string of the molecule is C[C@@H](c1ccccc1)N1C[C@H]2C[C@@H]1C(=O)C2C(=O)C[C@H]1C(=O)OCN1C(=O)OCc1ccccc1. The largest absolute Gasteiger partial charge is 0.444 e. The average Bonchev–Trinajstić information content (AvgIpc) is 3.56. The fourth-order valence-corrected chi connectivity index (χ4v) is 5.57. The molecule has 2 heterocycles.